The highest BCUT2D eigenvalue weighted by atomic mass is 32.2. The number of unbranched alkanes of at least 4 members (excludes halogenated alkanes) is 1. The molecule has 1 fully saturated rings. The summed E-state index contributed by atoms with van der Waals surface area (Å²) in [6.45, 7) is 2.50. The molecule has 0 amide bonds. The van der Waals surface area contributed by atoms with Gasteiger partial charge in [0.05, 0.1) is 35.5 Å². The Morgan fingerprint density at radius 1 is 1.13 bits per heavy atom. The number of thiazole rings is 1. The number of ether oxygens (including phenoxy) is 2. The SMILES string of the molecule is COc1cnc(N2CCC(Oc3nc4ccc(C5=CCN(S(=O)(=O)CCCCO)CC5)cc4s3)CC2)nc1. The molecule has 0 spiro atoms. The topological polar surface area (TPSA) is 118 Å². The van der Waals surface area contributed by atoms with Crippen molar-refractivity contribution in [3.8, 4) is 10.9 Å². The molecule has 5 rings (SSSR count). The number of fused-ring (bicyclic) bond motifs is 1. The number of benzene rings is 1. The van der Waals surface area contributed by atoms with E-state index in [9.17, 15) is 8.42 Å². The van der Waals surface area contributed by atoms with Gasteiger partial charge in [-0.3, -0.25) is 0 Å². The van der Waals surface area contributed by atoms with E-state index >= 15 is 0 Å². The van der Waals surface area contributed by atoms with Gasteiger partial charge in [-0.25, -0.2) is 23.4 Å². The van der Waals surface area contributed by atoms with E-state index in [1.54, 1.807) is 30.8 Å². The molecule has 2 aliphatic rings. The van der Waals surface area contributed by atoms with Crippen LogP contribution in [-0.4, -0.2) is 84.5 Å². The van der Waals surface area contributed by atoms with Gasteiger partial charge in [0, 0.05) is 45.6 Å². The molecule has 3 aromatic rings. The highest BCUT2D eigenvalue weighted by Gasteiger charge is 2.25. The molecule has 0 atom stereocenters. The summed E-state index contributed by atoms with van der Waals surface area (Å²) in [5.74, 6) is 1.43. The fourth-order valence-corrected chi connectivity index (χ4v) is 7.16. The number of nitrogens with zero attached hydrogens (tertiary/aromatic N) is 5. The summed E-state index contributed by atoms with van der Waals surface area (Å²) in [4.78, 5) is 15.6. The second kappa shape index (κ2) is 11.9. The Bertz CT molecular complexity index is 1370. The summed E-state index contributed by atoms with van der Waals surface area (Å²) in [6, 6.07) is 6.19. The molecule has 204 valence electrons. The lowest BCUT2D eigenvalue weighted by Crippen LogP contribution is -2.39. The summed E-state index contributed by atoms with van der Waals surface area (Å²) in [6.07, 6.45) is 8.85. The summed E-state index contributed by atoms with van der Waals surface area (Å²) >= 11 is 1.55. The van der Waals surface area contributed by atoms with Crippen molar-refractivity contribution in [1.82, 2.24) is 19.3 Å². The minimum Gasteiger partial charge on any atom is -0.494 e. The quantitative estimate of drug-likeness (QED) is 0.373. The van der Waals surface area contributed by atoms with Gasteiger partial charge in [-0.15, -0.1) is 0 Å². The largest absolute Gasteiger partial charge is 0.494 e. The summed E-state index contributed by atoms with van der Waals surface area (Å²) in [5.41, 5.74) is 3.15. The lowest BCUT2D eigenvalue weighted by Gasteiger charge is -2.31. The molecule has 10 nitrogen and oxygen atoms in total. The number of aromatic nitrogens is 3. The maximum atomic E-state index is 12.5. The fraction of sp³-hybridized carbons (Fsp3) is 0.500. The van der Waals surface area contributed by atoms with Crippen molar-refractivity contribution >= 4 is 43.1 Å². The summed E-state index contributed by atoms with van der Waals surface area (Å²) in [7, 11) is -1.69. The number of anilines is 1. The van der Waals surface area contributed by atoms with Crippen LogP contribution < -0.4 is 14.4 Å². The maximum Gasteiger partial charge on any atom is 0.274 e. The van der Waals surface area contributed by atoms with E-state index in [0.29, 0.717) is 49.2 Å². The molecule has 1 saturated heterocycles. The molecule has 1 N–H and O–H groups in total. The van der Waals surface area contributed by atoms with Crippen LogP contribution in [0.25, 0.3) is 15.8 Å². The Hall–Kier alpha value is -2.80. The molecule has 0 aliphatic carbocycles. The molecule has 0 radical (unpaired) electrons. The molecule has 0 unspecified atom stereocenters. The normalized spacial score (nSPS) is 17.5. The first-order valence-electron chi connectivity index (χ1n) is 12.9. The summed E-state index contributed by atoms with van der Waals surface area (Å²) in [5, 5.41) is 9.59. The maximum absolute atomic E-state index is 12.5. The van der Waals surface area contributed by atoms with Crippen LogP contribution in [0.15, 0.2) is 36.7 Å². The molecule has 2 aromatic heterocycles. The van der Waals surface area contributed by atoms with Crippen LogP contribution in [0.3, 0.4) is 0 Å². The van der Waals surface area contributed by atoms with Crippen molar-refractivity contribution in [2.75, 3.05) is 50.5 Å². The molecular formula is C26H33N5O5S2. The molecule has 0 bridgehead atoms. The number of sulfonamides is 1. The number of piperidine rings is 1. The van der Waals surface area contributed by atoms with Crippen molar-refractivity contribution in [1.29, 1.82) is 0 Å². The van der Waals surface area contributed by atoms with Crippen molar-refractivity contribution in [3.05, 3.63) is 42.2 Å². The van der Waals surface area contributed by atoms with Gasteiger partial charge < -0.3 is 19.5 Å². The zero-order valence-electron chi connectivity index (χ0n) is 21.5. The second-order valence-electron chi connectivity index (χ2n) is 9.47. The smallest absolute Gasteiger partial charge is 0.274 e. The van der Waals surface area contributed by atoms with E-state index in [2.05, 4.69) is 32.0 Å². The van der Waals surface area contributed by atoms with E-state index in [1.807, 2.05) is 12.1 Å². The predicted molar refractivity (Wildman–Crippen MR) is 148 cm³/mol. The number of aliphatic hydroxyl groups excluding tert-OH is 1. The zero-order valence-corrected chi connectivity index (χ0v) is 23.1. The van der Waals surface area contributed by atoms with Gasteiger partial charge in [0.15, 0.2) is 5.75 Å². The first-order valence-corrected chi connectivity index (χ1v) is 15.3. The molecule has 12 heteroatoms. The number of hydrogen-bond acceptors (Lipinski definition) is 10. The summed E-state index contributed by atoms with van der Waals surface area (Å²) < 4.78 is 39.1. The molecule has 2 aliphatic heterocycles. The van der Waals surface area contributed by atoms with Crippen LogP contribution >= 0.6 is 11.3 Å². The van der Waals surface area contributed by atoms with Crippen molar-refractivity contribution in [3.63, 3.8) is 0 Å². The Morgan fingerprint density at radius 3 is 2.61 bits per heavy atom. The minimum absolute atomic E-state index is 0.0195. The van der Waals surface area contributed by atoms with Gasteiger partial charge in [0.25, 0.3) is 5.19 Å². The average molecular weight is 560 g/mol. The van der Waals surface area contributed by atoms with Crippen LogP contribution in [0.4, 0.5) is 5.95 Å². The third kappa shape index (κ3) is 6.25. The molecule has 4 heterocycles. The van der Waals surface area contributed by atoms with Crippen LogP contribution in [0, 0.1) is 0 Å². The Morgan fingerprint density at radius 2 is 1.92 bits per heavy atom. The number of rotatable bonds is 10. The Balaban J connectivity index is 1.18. The van der Waals surface area contributed by atoms with Crippen LogP contribution in [0.5, 0.6) is 10.9 Å². The van der Waals surface area contributed by atoms with E-state index in [-0.39, 0.29) is 18.5 Å². The van der Waals surface area contributed by atoms with Gasteiger partial charge in [-0.1, -0.05) is 23.5 Å². The third-order valence-corrected chi connectivity index (χ3v) is 9.79. The molecule has 1 aromatic carbocycles. The lowest BCUT2D eigenvalue weighted by molar-refractivity contribution is 0.170. The van der Waals surface area contributed by atoms with E-state index in [0.717, 1.165) is 47.3 Å². The number of hydrogen-bond donors (Lipinski definition) is 1. The highest BCUT2D eigenvalue weighted by Crippen LogP contribution is 2.33. The number of aliphatic hydroxyl groups is 1. The van der Waals surface area contributed by atoms with Crippen molar-refractivity contribution < 1.29 is 23.0 Å². The molecule has 0 saturated carbocycles. The van der Waals surface area contributed by atoms with Crippen LogP contribution in [0.1, 0.15) is 37.7 Å². The van der Waals surface area contributed by atoms with Gasteiger partial charge in [0.1, 0.15) is 6.10 Å². The average Bonchev–Trinajstić information content (AvgIpc) is 3.35. The van der Waals surface area contributed by atoms with Gasteiger partial charge >= 0.3 is 0 Å². The minimum atomic E-state index is -3.29. The van der Waals surface area contributed by atoms with Crippen molar-refractivity contribution in [2.24, 2.45) is 0 Å². The fourth-order valence-electron chi connectivity index (χ4n) is 4.74. The highest BCUT2D eigenvalue weighted by molar-refractivity contribution is 7.89. The van der Waals surface area contributed by atoms with E-state index in [4.69, 9.17) is 14.6 Å². The molecular weight excluding hydrogens is 526 g/mol. The monoisotopic (exact) mass is 559 g/mol. The van der Waals surface area contributed by atoms with Crippen molar-refractivity contribution in [2.45, 2.75) is 38.2 Å². The first kappa shape index (κ1) is 26.8. The van der Waals surface area contributed by atoms with E-state index in [1.165, 1.54) is 4.31 Å². The lowest BCUT2D eigenvalue weighted by atomic mass is 10.0. The van der Waals surface area contributed by atoms with Gasteiger partial charge in [0.2, 0.25) is 16.0 Å². The van der Waals surface area contributed by atoms with Crippen LogP contribution in [-0.2, 0) is 10.0 Å². The number of methoxy groups -OCH3 is 1. The third-order valence-electron chi connectivity index (χ3n) is 6.96. The van der Waals surface area contributed by atoms with Gasteiger partial charge in [-0.2, -0.15) is 4.31 Å². The van der Waals surface area contributed by atoms with Crippen LogP contribution in [0.2, 0.25) is 0 Å². The molecule has 38 heavy (non-hydrogen) atoms. The van der Waals surface area contributed by atoms with E-state index < -0.39 is 10.0 Å². The standard InChI is InChI=1S/C26H33N5O5S2/c1-35-22-17-27-25(28-18-22)30-10-8-21(9-11-30)36-26-29-23-5-4-20(16-24(23)37-26)19-6-12-31(13-7-19)38(33,34)15-3-2-14-32/h4-6,16-18,21,32H,2-3,7-15H2,1H3. The van der Waals surface area contributed by atoms with Gasteiger partial charge in [-0.05, 0) is 42.5 Å². The predicted octanol–water partition coefficient (Wildman–Crippen LogP) is 3.33. The zero-order chi connectivity index (χ0) is 26.5. The Labute approximate surface area is 227 Å². The first-order chi connectivity index (χ1) is 18.4. The Kier molecular flexibility index (Phi) is 8.42. The second-order valence-corrected chi connectivity index (χ2v) is 12.6.